The normalized spacial score (nSPS) is 16.9. The van der Waals surface area contributed by atoms with E-state index < -0.39 is 0 Å². The Kier molecular flexibility index (Phi) is 5.75. The molecular formula is C17H26N2O2S. The molecule has 0 heterocycles. The number of aliphatic hydroxyl groups excluding tert-OH is 1. The second kappa shape index (κ2) is 7.38. The van der Waals surface area contributed by atoms with Crippen molar-refractivity contribution in [3.63, 3.8) is 0 Å². The van der Waals surface area contributed by atoms with Crippen LogP contribution >= 0.6 is 11.8 Å². The summed E-state index contributed by atoms with van der Waals surface area (Å²) in [6, 6.07) is 5.92. The predicted molar refractivity (Wildman–Crippen MR) is 92.6 cm³/mol. The molecule has 0 saturated heterocycles. The molecule has 1 aromatic rings. The number of rotatable bonds is 7. The van der Waals surface area contributed by atoms with Crippen molar-refractivity contribution in [3.05, 3.63) is 23.8 Å². The standard InChI is InChI=1S/C17H26N2O2S/c1-4-13(3)22-14-5-6-15(12(2)9-14)19-16(21)18-10-17(11-20)7-8-17/h5-6,9,13,20H,4,7-8,10-11H2,1-3H3,(H2,18,19,21). The fraction of sp³-hybridized carbons (Fsp3) is 0.588. The fourth-order valence-electron chi connectivity index (χ4n) is 2.17. The number of hydrogen-bond donors (Lipinski definition) is 3. The van der Waals surface area contributed by atoms with Gasteiger partial charge in [-0.2, -0.15) is 0 Å². The lowest BCUT2D eigenvalue weighted by Gasteiger charge is -2.15. The lowest BCUT2D eigenvalue weighted by Crippen LogP contribution is -2.35. The summed E-state index contributed by atoms with van der Waals surface area (Å²) < 4.78 is 0. The highest BCUT2D eigenvalue weighted by Gasteiger charge is 2.42. The van der Waals surface area contributed by atoms with Crippen molar-refractivity contribution in [2.45, 2.75) is 50.2 Å². The van der Waals surface area contributed by atoms with Gasteiger partial charge in [0.2, 0.25) is 0 Å². The van der Waals surface area contributed by atoms with Gasteiger partial charge in [0.25, 0.3) is 0 Å². The van der Waals surface area contributed by atoms with Crippen molar-refractivity contribution in [2.75, 3.05) is 18.5 Å². The minimum atomic E-state index is -0.204. The Bertz CT molecular complexity index is 529. The van der Waals surface area contributed by atoms with Crippen LogP contribution in [0.25, 0.3) is 0 Å². The first kappa shape index (κ1) is 17.2. The van der Waals surface area contributed by atoms with Crippen LogP contribution in [0.4, 0.5) is 10.5 Å². The fourth-order valence-corrected chi connectivity index (χ4v) is 3.19. The van der Waals surface area contributed by atoms with Crippen LogP contribution in [0.3, 0.4) is 0 Å². The van der Waals surface area contributed by atoms with Crippen molar-refractivity contribution in [2.24, 2.45) is 5.41 Å². The monoisotopic (exact) mass is 322 g/mol. The molecule has 1 saturated carbocycles. The van der Waals surface area contributed by atoms with E-state index in [1.807, 2.05) is 24.8 Å². The van der Waals surface area contributed by atoms with E-state index in [0.29, 0.717) is 11.8 Å². The smallest absolute Gasteiger partial charge is 0.319 e. The molecule has 2 amide bonds. The number of anilines is 1. The number of urea groups is 1. The second-order valence-corrected chi connectivity index (χ2v) is 7.79. The van der Waals surface area contributed by atoms with E-state index >= 15 is 0 Å². The average Bonchev–Trinajstić information content (AvgIpc) is 3.28. The van der Waals surface area contributed by atoms with Gasteiger partial charge in [0.1, 0.15) is 0 Å². The highest BCUT2D eigenvalue weighted by molar-refractivity contribution is 7.99. The summed E-state index contributed by atoms with van der Waals surface area (Å²) >= 11 is 1.85. The molecule has 122 valence electrons. The largest absolute Gasteiger partial charge is 0.396 e. The molecule has 1 aliphatic carbocycles. The van der Waals surface area contributed by atoms with Crippen LogP contribution in [-0.2, 0) is 0 Å². The minimum absolute atomic E-state index is 0.0663. The number of nitrogens with one attached hydrogen (secondary N) is 2. The van der Waals surface area contributed by atoms with Gasteiger partial charge in [-0.15, -0.1) is 11.8 Å². The van der Waals surface area contributed by atoms with E-state index in [2.05, 4.69) is 36.6 Å². The summed E-state index contributed by atoms with van der Waals surface area (Å²) in [5.41, 5.74) is 1.83. The molecule has 0 aromatic heterocycles. The van der Waals surface area contributed by atoms with Gasteiger partial charge in [-0.1, -0.05) is 13.8 Å². The first-order valence-electron chi connectivity index (χ1n) is 7.91. The third kappa shape index (κ3) is 4.65. The number of aliphatic hydroxyl groups is 1. The van der Waals surface area contributed by atoms with Crippen molar-refractivity contribution < 1.29 is 9.90 Å². The number of aryl methyl sites for hydroxylation is 1. The summed E-state index contributed by atoms with van der Waals surface area (Å²) in [5, 5.41) is 15.6. The Balaban J connectivity index is 1.88. The zero-order chi connectivity index (χ0) is 16.2. The SMILES string of the molecule is CCC(C)Sc1ccc(NC(=O)NCC2(CO)CC2)c(C)c1. The highest BCUT2D eigenvalue weighted by Crippen LogP contribution is 2.44. The van der Waals surface area contributed by atoms with Crippen molar-refractivity contribution in [1.29, 1.82) is 0 Å². The number of carbonyl (C=O) groups excluding carboxylic acids is 1. The molecule has 0 radical (unpaired) electrons. The Labute approximate surface area is 137 Å². The Morgan fingerprint density at radius 3 is 2.73 bits per heavy atom. The molecule has 2 rings (SSSR count). The molecule has 22 heavy (non-hydrogen) atoms. The lowest BCUT2D eigenvalue weighted by molar-refractivity contribution is 0.206. The quantitative estimate of drug-likeness (QED) is 0.670. The number of benzene rings is 1. The van der Waals surface area contributed by atoms with E-state index in [1.54, 1.807) is 0 Å². The van der Waals surface area contributed by atoms with Crippen molar-refractivity contribution in [1.82, 2.24) is 5.32 Å². The molecule has 0 spiro atoms. The second-order valence-electron chi connectivity index (χ2n) is 6.28. The lowest BCUT2D eigenvalue weighted by atomic mass is 10.1. The molecule has 1 fully saturated rings. The van der Waals surface area contributed by atoms with Gasteiger partial charge in [0.15, 0.2) is 0 Å². The molecule has 1 aliphatic rings. The topological polar surface area (TPSA) is 61.4 Å². The first-order chi connectivity index (χ1) is 10.5. The molecule has 5 heteroatoms. The molecule has 1 unspecified atom stereocenters. The van der Waals surface area contributed by atoms with Gasteiger partial charge in [-0.25, -0.2) is 4.79 Å². The van der Waals surface area contributed by atoms with E-state index in [1.165, 1.54) is 4.90 Å². The van der Waals surface area contributed by atoms with Gasteiger partial charge in [0.05, 0.1) is 6.61 Å². The predicted octanol–water partition coefficient (Wildman–Crippen LogP) is 3.78. The average molecular weight is 322 g/mol. The molecule has 1 atom stereocenters. The first-order valence-corrected chi connectivity index (χ1v) is 8.79. The molecule has 0 bridgehead atoms. The maximum Gasteiger partial charge on any atom is 0.319 e. The van der Waals surface area contributed by atoms with E-state index in [-0.39, 0.29) is 18.1 Å². The van der Waals surface area contributed by atoms with Gasteiger partial charge < -0.3 is 15.7 Å². The molecule has 3 N–H and O–H groups in total. The number of thioether (sulfide) groups is 1. The minimum Gasteiger partial charge on any atom is -0.396 e. The van der Waals surface area contributed by atoms with Gasteiger partial charge in [-0.05, 0) is 49.9 Å². The maximum atomic E-state index is 12.0. The number of hydrogen-bond acceptors (Lipinski definition) is 3. The Morgan fingerprint density at radius 1 is 1.45 bits per heavy atom. The Hall–Kier alpha value is -1.20. The summed E-state index contributed by atoms with van der Waals surface area (Å²) in [6.45, 7) is 7.09. The van der Waals surface area contributed by atoms with Gasteiger partial charge in [-0.3, -0.25) is 0 Å². The van der Waals surface area contributed by atoms with E-state index in [9.17, 15) is 9.90 Å². The van der Waals surface area contributed by atoms with Crippen molar-refractivity contribution >= 4 is 23.5 Å². The van der Waals surface area contributed by atoms with Crippen molar-refractivity contribution in [3.8, 4) is 0 Å². The summed E-state index contributed by atoms with van der Waals surface area (Å²) in [7, 11) is 0. The summed E-state index contributed by atoms with van der Waals surface area (Å²) in [6.07, 6.45) is 3.12. The third-order valence-electron chi connectivity index (χ3n) is 4.27. The molecule has 0 aliphatic heterocycles. The molecule has 1 aromatic carbocycles. The van der Waals surface area contributed by atoms with Crippen LogP contribution in [0, 0.1) is 12.3 Å². The molecular weight excluding hydrogens is 296 g/mol. The highest BCUT2D eigenvalue weighted by atomic mass is 32.2. The van der Waals surface area contributed by atoms with Crippen LogP contribution in [0.1, 0.15) is 38.7 Å². The van der Waals surface area contributed by atoms with Crippen LogP contribution in [0.15, 0.2) is 23.1 Å². The molecule has 4 nitrogen and oxygen atoms in total. The summed E-state index contributed by atoms with van der Waals surface area (Å²) in [5.74, 6) is 0. The Morgan fingerprint density at radius 2 is 2.18 bits per heavy atom. The summed E-state index contributed by atoms with van der Waals surface area (Å²) in [4.78, 5) is 13.2. The maximum absolute atomic E-state index is 12.0. The van der Waals surface area contributed by atoms with E-state index in [0.717, 1.165) is 30.5 Å². The van der Waals surface area contributed by atoms with Crippen LogP contribution < -0.4 is 10.6 Å². The van der Waals surface area contributed by atoms with Crippen LogP contribution in [0.2, 0.25) is 0 Å². The van der Waals surface area contributed by atoms with E-state index in [4.69, 9.17) is 0 Å². The van der Waals surface area contributed by atoms with Gasteiger partial charge >= 0.3 is 6.03 Å². The van der Waals surface area contributed by atoms with Gasteiger partial charge in [0, 0.05) is 27.8 Å². The number of carbonyl (C=O) groups is 1. The number of amides is 2. The zero-order valence-electron chi connectivity index (χ0n) is 13.6. The zero-order valence-corrected chi connectivity index (χ0v) is 14.4. The van der Waals surface area contributed by atoms with Crippen LogP contribution in [0.5, 0.6) is 0 Å². The van der Waals surface area contributed by atoms with Crippen LogP contribution in [-0.4, -0.2) is 29.5 Å². The third-order valence-corrected chi connectivity index (χ3v) is 5.54.